The largest absolute Gasteiger partial charge is 0.454 e. The zero-order valence-corrected chi connectivity index (χ0v) is 22.6. The van der Waals surface area contributed by atoms with Crippen LogP contribution in [0.15, 0.2) is 82.2 Å². The van der Waals surface area contributed by atoms with E-state index in [1.807, 2.05) is 48.5 Å². The second-order valence-corrected chi connectivity index (χ2v) is 11.7. The molecule has 1 saturated heterocycles. The molecule has 1 atom stereocenters. The molecule has 10 heteroatoms. The number of nitrogens with one attached hydrogen (secondary N) is 1. The van der Waals surface area contributed by atoms with Gasteiger partial charge in [0.1, 0.15) is 6.04 Å². The van der Waals surface area contributed by atoms with Gasteiger partial charge in [0.2, 0.25) is 22.7 Å². The number of benzene rings is 3. The Balaban J connectivity index is 1.26. The minimum Gasteiger partial charge on any atom is -0.454 e. The van der Waals surface area contributed by atoms with E-state index >= 15 is 0 Å². The molecule has 8 nitrogen and oxygen atoms in total. The first-order valence-corrected chi connectivity index (χ1v) is 14.4. The van der Waals surface area contributed by atoms with Crippen LogP contribution in [0.1, 0.15) is 11.1 Å². The molecule has 0 bridgehead atoms. The van der Waals surface area contributed by atoms with Gasteiger partial charge in [-0.3, -0.25) is 9.69 Å². The van der Waals surface area contributed by atoms with Crippen LogP contribution in [0, 0.1) is 0 Å². The zero-order valence-electron chi connectivity index (χ0n) is 20.2. The smallest absolute Gasteiger partial charge is 0.241 e. The SMILES string of the molecule is O=C([C@H](Cc1ccccc1)NS(=O)(=O)c1ccc(Br)cc1)N1CCN(Cc2ccc3c(c2)OCO3)CC1. The Morgan fingerprint density at radius 1 is 0.892 bits per heavy atom. The lowest BCUT2D eigenvalue weighted by Crippen LogP contribution is -2.55. The molecule has 0 radical (unpaired) electrons. The Hall–Kier alpha value is -2.92. The predicted molar refractivity (Wildman–Crippen MR) is 143 cm³/mol. The van der Waals surface area contributed by atoms with E-state index in [0.717, 1.165) is 33.6 Å². The Bertz CT molecular complexity index is 1340. The van der Waals surface area contributed by atoms with Crippen molar-refractivity contribution in [2.75, 3.05) is 33.0 Å². The number of piperazine rings is 1. The maximum absolute atomic E-state index is 13.6. The van der Waals surface area contributed by atoms with Gasteiger partial charge in [0.25, 0.3) is 0 Å². The monoisotopic (exact) mass is 585 g/mol. The van der Waals surface area contributed by atoms with Crippen molar-refractivity contribution in [3.63, 3.8) is 0 Å². The number of nitrogens with zero attached hydrogens (tertiary/aromatic N) is 2. The molecule has 2 aliphatic heterocycles. The van der Waals surface area contributed by atoms with Crippen LogP contribution in [-0.2, 0) is 27.8 Å². The highest BCUT2D eigenvalue weighted by atomic mass is 79.9. The first-order valence-electron chi connectivity index (χ1n) is 12.1. The number of carbonyl (C=O) groups excluding carboxylic acids is 1. The van der Waals surface area contributed by atoms with Gasteiger partial charge in [-0.2, -0.15) is 4.72 Å². The highest BCUT2D eigenvalue weighted by Crippen LogP contribution is 2.33. The third-order valence-electron chi connectivity index (χ3n) is 6.53. The fourth-order valence-corrected chi connectivity index (χ4v) is 6.00. The molecule has 37 heavy (non-hydrogen) atoms. The van der Waals surface area contributed by atoms with Crippen molar-refractivity contribution < 1.29 is 22.7 Å². The molecule has 2 heterocycles. The van der Waals surface area contributed by atoms with Crippen molar-refractivity contribution in [3.8, 4) is 11.5 Å². The molecular weight excluding hydrogens is 558 g/mol. The van der Waals surface area contributed by atoms with E-state index in [0.29, 0.717) is 26.2 Å². The lowest BCUT2D eigenvalue weighted by molar-refractivity contribution is -0.134. The number of carbonyl (C=O) groups is 1. The second kappa shape index (κ2) is 11.2. The van der Waals surface area contributed by atoms with E-state index in [9.17, 15) is 13.2 Å². The van der Waals surface area contributed by atoms with Gasteiger partial charge in [-0.05, 0) is 53.9 Å². The van der Waals surface area contributed by atoms with Crippen LogP contribution in [0.3, 0.4) is 0 Å². The summed E-state index contributed by atoms with van der Waals surface area (Å²) in [4.78, 5) is 17.8. The zero-order chi connectivity index (χ0) is 25.8. The summed E-state index contributed by atoms with van der Waals surface area (Å²) >= 11 is 3.33. The molecule has 1 N–H and O–H groups in total. The van der Waals surface area contributed by atoms with Gasteiger partial charge in [-0.1, -0.05) is 52.3 Å². The Morgan fingerprint density at radius 2 is 1.59 bits per heavy atom. The molecule has 0 unspecified atom stereocenters. The number of hydrogen-bond donors (Lipinski definition) is 1. The summed E-state index contributed by atoms with van der Waals surface area (Å²) in [5.41, 5.74) is 2.01. The second-order valence-electron chi connectivity index (χ2n) is 9.11. The number of hydrogen-bond acceptors (Lipinski definition) is 6. The number of rotatable bonds is 8. The van der Waals surface area contributed by atoms with Crippen LogP contribution in [0.2, 0.25) is 0 Å². The molecular formula is C27H28BrN3O5S. The summed E-state index contributed by atoms with van der Waals surface area (Å²) in [6.07, 6.45) is 0.271. The lowest BCUT2D eigenvalue weighted by atomic mass is 10.1. The van der Waals surface area contributed by atoms with E-state index in [-0.39, 0.29) is 24.0 Å². The van der Waals surface area contributed by atoms with E-state index < -0.39 is 16.1 Å². The van der Waals surface area contributed by atoms with Gasteiger partial charge in [0.15, 0.2) is 11.5 Å². The van der Waals surface area contributed by atoms with E-state index in [1.54, 1.807) is 17.0 Å². The molecule has 1 amide bonds. The van der Waals surface area contributed by atoms with Crippen molar-refractivity contribution in [1.82, 2.24) is 14.5 Å². The molecule has 0 saturated carbocycles. The van der Waals surface area contributed by atoms with Gasteiger partial charge >= 0.3 is 0 Å². The summed E-state index contributed by atoms with van der Waals surface area (Å²) < 4.78 is 40.6. The van der Waals surface area contributed by atoms with E-state index in [1.165, 1.54) is 12.1 Å². The fourth-order valence-electron chi connectivity index (χ4n) is 4.54. The van der Waals surface area contributed by atoms with Crippen LogP contribution >= 0.6 is 15.9 Å². The summed E-state index contributed by atoms with van der Waals surface area (Å²) in [6.45, 7) is 3.41. The average molecular weight is 587 g/mol. The molecule has 0 aromatic heterocycles. The predicted octanol–water partition coefficient (Wildman–Crippen LogP) is 3.41. The normalized spacial score (nSPS) is 16.5. The Labute approximate surface area is 225 Å². The lowest BCUT2D eigenvalue weighted by Gasteiger charge is -2.36. The van der Waals surface area contributed by atoms with Gasteiger partial charge in [-0.25, -0.2) is 8.42 Å². The maximum Gasteiger partial charge on any atom is 0.241 e. The van der Waals surface area contributed by atoms with Crippen molar-refractivity contribution in [3.05, 3.63) is 88.4 Å². The molecule has 5 rings (SSSR count). The third-order valence-corrected chi connectivity index (χ3v) is 8.55. The molecule has 1 fully saturated rings. The Morgan fingerprint density at radius 3 is 2.32 bits per heavy atom. The average Bonchev–Trinajstić information content (AvgIpc) is 3.37. The third kappa shape index (κ3) is 6.32. The van der Waals surface area contributed by atoms with Crippen LogP contribution < -0.4 is 14.2 Å². The minimum absolute atomic E-state index is 0.120. The van der Waals surface area contributed by atoms with Crippen LogP contribution in [0.5, 0.6) is 11.5 Å². The molecule has 0 spiro atoms. The molecule has 3 aromatic rings. The molecule has 0 aliphatic carbocycles. The molecule has 194 valence electrons. The van der Waals surface area contributed by atoms with Gasteiger partial charge in [-0.15, -0.1) is 0 Å². The first kappa shape index (κ1) is 25.7. The van der Waals surface area contributed by atoms with Crippen molar-refractivity contribution >= 4 is 31.9 Å². The summed E-state index contributed by atoms with van der Waals surface area (Å²) in [5.74, 6) is 1.30. The minimum atomic E-state index is -3.89. The Kier molecular flexibility index (Phi) is 7.80. The number of fused-ring (bicyclic) bond motifs is 1. The highest BCUT2D eigenvalue weighted by Gasteiger charge is 2.31. The first-order chi connectivity index (χ1) is 17.9. The van der Waals surface area contributed by atoms with Gasteiger partial charge in [0.05, 0.1) is 4.90 Å². The standard InChI is InChI=1S/C27H28BrN3O5S/c28-22-7-9-23(10-8-22)37(33,34)29-24(16-20-4-2-1-3-5-20)27(32)31-14-12-30(13-15-31)18-21-6-11-25-26(17-21)36-19-35-25/h1-11,17,24,29H,12-16,18-19H2/t24-/m0/s1. The quantitative estimate of drug-likeness (QED) is 0.436. The number of sulfonamides is 1. The summed E-state index contributed by atoms with van der Waals surface area (Å²) in [6, 6.07) is 20.9. The van der Waals surface area contributed by atoms with E-state index in [2.05, 4.69) is 25.6 Å². The summed E-state index contributed by atoms with van der Waals surface area (Å²) in [7, 11) is -3.89. The molecule has 2 aliphatic rings. The van der Waals surface area contributed by atoms with Crippen molar-refractivity contribution in [2.24, 2.45) is 0 Å². The number of ether oxygens (including phenoxy) is 2. The topological polar surface area (TPSA) is 88.2 Å². The summed E-state index contributed by atoms with van der Waals surface area (Å²) in [5, 5.41) is 0. The number of amides is 1. The highest BCUT2D eigenvalue weighted by molar-refractivity contribution is 9.10. The number of halogens is 1. The fraction of sp³-hybridized carbons (Fsp3) is 0.296. The van der Waals surface area contributed by atoms with Crippen molar-refractivity contribution in [1.29, 1.82) is 0 Å². The van der Waals surface area contributed by atoms with Crippen LogP contribution in [0.25, 0.3) is 0 Å². The van der Waals surface area contributed by atoms with Gasteiger partial charge in [0, 0.05) is 37.2 Å². The maximum atomic E-state index is 13.6. The van der Waals surface area contributed by atoms with Crippen molar-refractivity contribution in [2.45, 2.75) is 23.9 Å². The van der Waals surface area contributed by atoms with Crippen LogP contribution in [0.4, 0.5) is 0 Å². The van der Waals surface area contributed by atoms with E-state index in [4.69, 9.17) is 9.47 Å². The molecule has 3 aromatic carbocycles. The van der Waals surface area contributed by atoms with Gasteiger partial charge < -0.3 is 14.4 Å². The van der Waals surface area contributed by atoms with Crippen LogP contribution in [-0.4, -0.2) is 63.1 Å².